The van der Waals surface area contributed by atoms with Crippen LogP contribution in [0.2, 0.25) is 0 Å². The highest BCUT2D eigenvalue weighted by Gasteiger charge is 2.10. The number of hydrogen-bond acceptors (Lipinski definition) is 2. The van der Waals surface area contributed by atoms with Crippen molar-refractivity contribution in [3.63, 3.8) is 0 Å². The third-order valence-corrected chi connectivity index (χ3v) is 3.71. The van der Waals surface area contributed by atoms with Crippen LogP contribution in [0.4, 0.5) is 0 Å². The maximum absolute atomic E-state index is 4.78. The Bertz CT molecular complexity index is 176. The zero-order chi connectivity index (χ0) is 16.7. The van der Waals surface area contributed by atoms with Gasteiger partial charge in [0.15, 0.2) is 0 Å². The van der Waals surface area contributed by atoms with Crippen LogP contribution in [-0.4, -0.2) is 38.8 Å². The van der Waals surface area contributed by atoms with Crippen molar-refractivity contribution in [2.24, 2.45) is 11.3 Å². The van der Waals surface area contributed by atoms with Crippen molar-refractivity contribution in [2.45, 2.75) is 80.1 Å². The summed E-state index contributed by atoms with van der Waals surface area (Å²) in [5.74, 6) is 0.978. The number of piperidine rings is 1. The van der Waals surface area contributed by atoms with Crippen LogP contribution in [0.25, 0.3) is 0 Å². The molecular formula is C19H43NO. The molecule has 1 aliphatic rings. The second kappa shape index (κ2) is 14.8. The van der Waals surface area contributed by atoms with Crippen molar-refractivity contribution in [3.05, 3.63) is 0 Å². The average Bonchev–Trinajstić information content (AvgIpc) is 2.40. The lowest BCUT2D eigenvalue weighted by Gasteiger charge is -2.26. The highest BCUT2D eigenvalue weighted by molar-refractivity contribution is 4.65. The molecule has 1 fully saturated rings. The van der Waals surface area contributed by atoms with Crippen molar-refractivity contribution in [1.82, 2.24) is 4.90 Å². The summed E-state index contributed by atoms with van der Waals surface area (Å²) in [6, 6.07) is 0. The zero-order valence-corrected chi connectivity index (χ0v) is 16.3. The van der Waals surface area contributed by atoms with E-state index in [4.69, 9.17) is 4.74 Å². The number of ether oxygens (including phenoxy) is 1. The molecule has 0 aromatic rings. The van der Waals surface area contributed by atoms with E-state index in [0.29, 0.717) is 5.41 Å². The van der Waals surface area contributed by atoms with E-state index >= 15 is 0 Å². The first-order chi connectivity index (χ1) is 9.76. The molecule has 0 unspecified atom stereocenters. The Morgan fingerprint density at radius 3 is 1.76 bits per heavy atom. The van der Waals surface area contributed by atoms with Gasteiger partial charge in [0.2, 0.25) is 0 Å². The quantitative estimate of drug-likeness (QED) is 0.625. The fraction of sp³-hybridized carbons (Fsp3) is 1.00. The molecule has 2 nitrogen and oxygen atoms in total. The summed E-state index contributed by atoms with van der Waals surface area (Å²) in [7, 11) is 3.93. The fourth-order valence-electron chi connectivity index (χ4n) is 2.18. The van der Waals surface area contributed by atoms with E-state index in [-0.39, 0.29) is 0 Å². The van der Waals surface area contributed by atoms with Crippen LogP contribution in [0.5, 0.6) is 0 Å². The Labute approximate surface area is 135 Å². The molecule has 0 aliphatic carbocycles. The molecule has 0 aromatic carbocycles. The topological polar surface area (TPSA) is 12.5 Å². The van der Waals surface area contributed by atoms with Gasteiger partial charge >= 0.3 is 0 Å². The van der Waals surface area contributed by atoms with Crippen LogP contribution in [-0.2, 0) is 4.74 Å². The highest BCUT2D eigenvalue weighted by atomic mass is 16.5. The van der Waals surface area contributed by atoms with Gasteiger partial charge in [-0.25, -0.2) is 0 Å². The smallest absolute Gasteiger partial charge is 0.0462 e. The number of likely N-dealkylation sites (tertiary alicyclic amines) is 1. The lowest BCUT2D eigenvalue weighted by Crippen LogP contribution is -2.28. The first-order valence-corrected chi connectivity index (χ1v) is 8.94. The van der Waals surface area contributed by atoms with E-state index in [1.54, 1.807) is 7.11 Å². The molecule has 0 amide bonds. The predicted molar refractivity (Wildman–Crippen MR) is 97.0 cm³/mol. The maximum atomic E-state index is 4.78. The number of methoxy groups -OCH3 is 1. The van der Waals surface area contributed by atoms with E-state index in [0.717, 1.165) is 12.5 Å². The van der Waals surface area contributed by atoms with E-state index in [9.17, 15) is 0 Å². The minimum absolute atomic E-state index is 0.550. The molecule has 130 valence electrons. The molecular weight excluding hydrogens is 258 g/mol. The minimum atomic E-state index is 0.550. The Morgan fingerprint density at radius 2 is 1.57 bits per heavy atom. The molecule has 1 rings (SSSR count). The summed E-state index contributed by atoms with van der Waals surface area (Å²) >= 11 is 0. The Kier molecular flexibility index (Phi) is 16.4. The van der Waals surface area contributed by atoms with Crippen LogP contribution in [0.3, 0.4) is 0 Å². The lowest BCUT2D eigenvalue weighted by molar-refractivity contribution is 0.194. The second-order valence-electron chi connectivity index (χ2n) is 7.64. The monoisotopic (exact) mass is 301 g/mol. The van der Waals surface area contributed by atoms with Crippen molar-refractivity contribution < 1.29 is 4.74 Å². The number of nitrogens with zero attached hydrogens (tertiary/aromatic N) is 1. The predicted octanol–water partition coefficient (Wildman–Crippen LogP) is 5.61. The number of hydrogen-bond donors (Lipinski definition) is 0. The van der Waals surface area contributed by atoms with Crippen LogP contribution in [0, 0.1) is 11.3 Å². The van der Waals surface area contributed by atoms with Gasteiger partial charge in [0.1, 0.15) is 0 Å². The van der Waals surface area contributed by atoms with E-state index < -0.39 is 0 Å². The molecule has 1 saturated heterocycles. The Balaban J connectivity index is 0. The zero-order valence-electron chi connectivity index (χ0n) is 16.3. The number of rotatable bonds is 4. The summed E-state index contributed by atoms with van der Waals surface area (Å²) in [5, 5.41) is 0. The van der Waals surface area contributed by atoms with E-state index in [2.05, 4.69) is 53.5 Å². The van der Waals surface area contributed by atoms with Gasteiger partial charge < -0.3 is 9.64 Å². The van der Waals surface area contributed by atoms with E-state index in [1.165, 1.54) is 51.6 Å². The Morgan fingerprint density at radius 1 is 1.05 bits per heavy atom. The molecule has 0 atom stereocenters. The van der Waals surface area contributed by atoms with Gasteiger partial charge in [0, 0.05) is 13.7 Å². The van der Waals surface area contributed by atoms with Gasteiger partial charge in [-0.05, 0) is 57.2 Å². The number of unbranched alkanes of at least 4 members (excludes halogenated alkanes) is 1. The average molecular weight is 302 g/mol. The first-order valence-electron chi connectivity index (χ1n) is 8.94. The second-order valence-corrected chi connectivity index (χ2v) is 7.64. The normalized spacial score (nSPS) is 16.6. The van der Waals surface area contributed by atoms with Crippen LogP contribution in [0.15, 0.2) is 0 Å². The van der Waals surface area contributed by atoms with Crippen LogP contribution >= 0.6 is 0 Å². The summed E-state index contributed by atoms with van der Waals surface area (Å²) in [6.07, 6.45) is 7.87. The third kappa shape index (κ3) is 22.3. The fourth-order valence-corrected chi connectivity index (χ4v) is 2.18. The molecule has 0 bridgehead atoms. The molecule has 1 heterocycles. The maximum Gasteiger partial charge on any atom is 0.0462 e. The SMILES string of the molecule is CC1CCN(C)CC1.CCCC(C)(C)C.CCCCOC. The van der Waals surface area contributed by atoms with Crippen molar-refractivity contribution in [3.8, 4) is 0 Å². The third-order valence-electron chi connectivity index (χ3n) is 3.71. The van der Waals surface area contributed by atoms with Crippen LogP contribution in [0.1, 0.15) is 80.1 Å². The standard InChI is InChI=1S/C7H15N.C7H16.C5H12O/c1-7-3-5-8(2)6-4-7;1-5-6-7(2,3)4;1-3-4-5-6-2/h7H,3-6H2,1-2H3;5-6H2,1-4H3;3-5H2,1-2H3. The first kappa shape index (κ1) is 23.2. The summed E-state index contributed by atoms with van der Waals surface area (Å²) in [4.78, 5) is 2.40. The molecule has 1 aliphatic heterocycles. The van der Waals surface area contributed by atoms with Crippen molar-refractivity contribution in [2.75, 3.05) is 33.9 Å². The minimum Gasteiger partial charge on any atom is -0.385 e. The molecule has 0 aromatic heterocycles. The van der Waals surface area contributed by atoms with Gasteiger partial charge in [-0.2, -0.15) is 0 Å². The highest BCUT2D eigenvalue weighted by Crippen LogP contribution is 2.19. The molecule has 21 heavy (non-hydrogen) atoms. The van der Waals surface area contributed by atoms with E-state index in [1.807, 2.05) is 0 Å². The summed E-state index contributed by atoms with van der Waals surface area (Å²) in [6.45, 7) is 17.1. The van der Waals surface area contributed by atoms with Gasteiger partial charge in [0.05, 0.1) is 0 Å². The largest absolute Gasteiger partial charge is 0.385 e. The van der Waals surface area contributed by atoms with Gasteiger partial charge in [0.25, 0.3) is 0 Å². The van der Waals surface area contributed by atoms with Gasteiger partial charge in [-0.3, -0.25) is 0 Å². The lowest BCUT2D eigenvalue weighted by atomic mass is 9.91. The molecule has 2 heteroatoms. The molecule has 0 radical (unpaired) electrons. The Hall–Kier alpha value is -0.0800. The van der Waals surface area contributed by atoms with Gasteiger partial charge in [-0.15, -0.1) is 0 Å². The summed E-state index contributed by atoms with van der Waals surface area (Å²) < 4.78 is 4.78. The molecule has 0 N–H and O–H groups in total. The van der Waals surface area contributed by atoms with Gasteiger partial charge in [-0.1, -0.05) is 54.4 Å². The van der Waals surface area contributed by atoms with Crippen molar-refractivity contribution >= 4 is 0 Å². The van der Waals surface area contributed by atoms with Crippen molar-refractivity contribution in [1.29, 1.82) is 0 Å². The molecule has 0 saturated carbocycles. The summed E-state index contributed by atoms with van der Waals surface area (Å²) in [5.41, 5.74) is 0.550. The molecule has 0 spiro atoms. The van der Waals surface area contributed by atoms with Crippen LogP contribution < -0.4 is 0 Å².